The lowest BCUT2D eigenvalue weighted by Crippen LogP contribution is -2.25. The highest BCUT2D eigenvalue weighted by Crippen LogP contribution is 2.38. The molecule has 1 saturated carbocycles. The lowest BCUT2D eigenvalue weighted by atomic mass is 9.73. The van der Waals surface area contributed by atoms with Gasteiger partial charge in [-0.2, -0.15) is 0 Å². The molecular weight excluding hydrogens is 196 g/mol. The van der Waals surface area contributed by atoms with Crippen LogP contribution in [0.15, 0.2) is 11.1 Å². The average molecular weight is 212 g/mol. The van der Waals surface area contributed by atoms with Gasteiger partial charge in [-0.15, -0.1) is 0 Å². The van der Waals surface area contributed by atoms with Gasteiger partial charge in [0.25, 0.3) is 0 Å². The molecule has 0 aromatic carbocycles. The Morgan fingerprint density at radius 1 is 1.13 bits per heavy atom. The molecule has 0 atom stereocenters. The van der Waals surface area contributed by atoms with Gasteiger partial charge in [0.2, 0.25) is 0 Å². The van der Waals surface area contributed by atoms with E-state index in [4.69, 9.17) is 10.2 Å². The van der Waals surface area contributed by atoms with Gasteiger partial charge < -0.3 is 10.2 Å². The largest absolute Gasteiger partial charge is 0.477 e. The van der Waals surface area contributed by atoms with E-state index >= 15 is 0 Å². The molecule has 1 aliphatic rings. The van der Waals surface area contributed by atoms with Crippen molar-refractivity contribution in [2.45, 2.75) is 33.1 Å². The topological polar surface area (TPSA) is 74.6 Å². The van der Waals surface area contributed by atoms with E-state index in [1.807, 2.05) is 13.8 Å². The van der Waals surface area contributed by atoms with Crippen LogP contribution in [-0.2, 0) is 9.59 Å². The smallest absolute Gasteiger partial charge is 0.343 e. The minimum absolute atomic E-state index is 0.0162. The summed E-state index contributed by atoms with van der Waals surface area (Å²) in [6, 6.07) is 0. The second kappa shape index (κ2) is 4.47. The van der Waals surface area contributed by atoms with Gasteiger partial charge >= 0.3 is 11.9 Å². The van der Waals surface area contributed by atoms with Crippen molar-refractivity contribution in [2.24, 2.45) is 11.8 Å². The quantitative estimate of drug-likeness (QED) is 0.424. The van der Waals surface area contributed by atoms with Crippen LogP contribution in [0.4, 0.5) is 0 Å². The number of rotatable bonds is 4. The SMILES string of the molecule is CC(C)C(=C(C(=O)O)C(=O)O)C1CCC1. The molecule has 0 spiro atoms. The van der Waals surface area contributed by atoms with Crippen LogP contribution in [-0.4, -0.2) is 22.2 Å². The van der Waals surface area contributed by atoms with Crippen LogP contribution in [0, 0.1) is 11.8 Å². The van der Waals surface area contributed by atoms with Gasteiger partial charge in [0.1, 0.15) is 5.57 Å². The van der Waals surface area contributed by atoms with Crippen LogP contribution in [0.2, 0.25) is 0 Å². The maximum atomic E-state index is 10.9. The molecule has 4 heteroatoms. The van der Waals surface area contributed by atoms with E-state index in [0.717, 1.165) is 19.3 Å². The normalized spacial score (nSPS) is 15.9. The van der Waals surface area contributed by atoms with Crippen molar-refractivity contribution in [3.05, 3.63) is 11.1 Å². The van der Waals surface area contributed by atoms with Crippen LogP contribution < -0.4 is 0 Å². The third-order valence-corrected chi connectivity index (χ3v) is 2.88. The molecule has 0 saturated heterocycles. The molecule has 0 amide bonds. The number of allylic oxidation sites excluding steroid dienone is 1. The maximum Gasteiger partial charge on any atom is 0.343 e. The van der Waals surface area contributed by atoms with E-state index in [2.05, 4.69) is 0 Å². The maximum absolute atomic E-state index is 10.9. The lowest BCUT2D eigenvalue weighted by Gasteiger charge is -2.31. The minimum atomic E-state index is -1.32. The van der Waals surface area contributed by atoms with Crippen LogP contribution in [0.5, 0.6) is 0 Å². The van der Waals surface area contributed by atoms with Gasteiger partial charge in [-0.25, -0.2) is 9.59 Å². The molecule has 0 bridgehead atoms. The minimum Gasteiger partial charge on any atom is -0.477 e. The highest BCUT2D eigenvalue weighted by atomic mass is 16.4. The van der Waals surface area contributed by atoms with E-state index in [0.29, 0.717) is 5.57 Å². The fourth-order valence-corrected chi connectivity index (χ4v) is 2.02. The molecule has 1 aliphatic carbocycles. The molecule has 0 heterocycles. The Bertz CT molecular complexity index is 295. The third-order valence-electron chi connectivity index (χ3n) is 2.88. The summed E-state index contributed by atoms with van der Waals surface area (Å²) in [5.41, 5.74) is 0.177. The summed E-state index contributed by atoms with van der Waals surface area (Å²) >= 11 is 0. The molecule has 1 rings (SSSR count). The molecule has 15 heavy (non-hydrogen) atoms. The van der Waals surface area contributed by atoms with Crippen molar-refractivity contribution < 1.29 is 19.8 Å². The van der Waals surface area contributed by atoms with E-state index in [1.165, 1.54) is 0 Å². The predicted molar refractivity (Wildman–Crippen MR) is 54.5 cm³/mol. The van der Waals surface area contributed by atoms with E-state index < -0.39 is 17.5 Å². The Morgan fingerprint density at radius 2 is 1.60 bits per heavy atom. The molecule has 0 radical (unpaired) electrons. The summed E-state index contributed by atoms with van der Waals surface area (Å²) in [5, 5.41) is 17.8. The van der Waals surface area contributed by atoms with Crippen molar-refractivity contribution in [1.82, 2.24) is 0 Å². The van der Waals surface area contributed by atoms with Crippen LogP contribution >= 0.6 is 0 Å². The number of hydrogen-bond donors (Lipinski definition) is 2. The van der Waals surface area contributed by atoms with Crippen molar-refractivity contribution in [2.75, 3.05) is 0 Å². The first-order valence-corrected chi connectivity index (χ1v) is 5.15. The van der Waals surface area contributed by atoms with Crippen molar-refractivity contribution in [3.8, 4) is 0 Å². The van der Waals surface area contributed by atoms with Gasteiger partial charge in [-0.05, 0) is 30.3 Å². The van der Waals surface area contributed by atoms with Gasteiger partial charge in [-0.3, -0.25) is 0 Å². The molecule has 2 N–H and O–H groups in total. The molecule has 4 nitrogen and oxygen atoms in total. The van der Waals surface area contributed by atoms with E-state index in [9.17, 15) is 9.59 Å². The lowest BCUT2D eigenvalue weighted by molar-refractivity contribution is -0.140. The second-order valence-electron chi connectivity index (χ2n) is 4.22. The number of aliphatic carboxylic acids is 2. The van der Waals surface area contributed by atoms with Gasteiger partial charge in [0, 0.05) is 0 Å². The zero-order chi connectivity index (χ0) is 11.6. The Labute approximate surface area is 88.6 Å². The summed E-state index contributed by atoms with van der Waals surface area (Å²) in [6.45, 7) is 3.69. The zero-order valence-corrected chi connectivity index (χ0v) is 8.99. The van der Waals surface area contributed by atoms with Gasteiger partial charge in [-0.1, -0.05) is 20.3 Å². The van der Waals surface area contributed by atoms with E-state index in [-0.39, 0.29) is 11.8 Å². The number of carboxylic acid groups (broad SMARTS) is 2. The molecule has 0 aromatic heterocycles. The van der Waals surface area contributed by atoms with Crippen molar-refractivity contribution in [1.29, 1.82) is 0 Å². The average Bonchev–Trinajstić information content (AvgIpc) is 1.97. The molecule has 0 aliphatic heterocycles. The molecule has 0 aromatic rings. The fourth-order valence-electron chi connectivity index (χ4n) is 2.02. The predicted octanol–water partition coefficient (Wildman–Crippen LogP) is 1.91. The zero-order valence-electron chi connectivity index (χ0n) is 8.99. The highest BCUT2D eigenvalue weighted by Gasteiger charge is 2.32. The first-order chi connectivity index (χ1) is 6.95. The Balaban J connectivity index is 3.14. The standard InChI is InChI=1S/C11H16O4/c1-6(2)8(7-4-3-5-7)9(10(12)13)11(14)15/h6-7H,3-5H2,1-2H3,(H,12,13)(H,14,15). The van der Waals surface area contributed by atoms with Crippen LogP contribution in [0.25, 0.3) is 0 Å². The highest BCUT2D eigenvalue weighted by molar-refractivity contribution is 6.13. The van der Waals surface area contributed by atoms with Crippen LogP contribution in [0.1, 0.15) is 33.1 Å². The van der Waals surface area contributed by atoms with Crippen molar-refractivity contribution >= 4 is 11.9 Å². The van der Waals surface area contributed by atoms with Gasteiger partial charge in [0.05, 0.1) is 0 Å². The summed E-state index contributed by atoms with van der Waals surface area (Å²) < 4.78 is 0. The summed E-state index contributed by atoms with van der Waals surface area (Å²) in [7, 11) is 0. The van der Waals surface area contributed by atoms with Gasteiger partial charge in [0.15, 0.2) is 0 Å². The Hall–Kier alpha value is -1.32. The van der Waals surface area contributed by atoms with E-state index in [1.54, 1.807) is 0 Å². The first-order valence-electron chi connectivity index (χ1n) is 5.15. The number of carboxylic acids is 2. The number of carbonyl (C=O) groups is 2. The third kappa shape index (κ3) is 2.37. The summed E-state index contributed by atoms with van der Waals surface area (Å²) in [5.74, 6) is -2.50. The van der Waals surface area contributed by atoms with Crippen molar-refractivity contribution in [3.63, 3.8) is 0 Å². The number of hydrogen-bond acceptors (Lipinski definition) is 2. The molecule has 84 valence electrons. The Morgan fingerprint density at radius 3 is 1.80 bits per heavy atom. The molecule has 0 unspecified atom stereocenters. The van der Waals surface area contributed by atoms with Crippen LogP contribution in [0.3, 0.4) is 0 Å². The molecule has 1 fully saturated rings. The molecular formula is C11H16O4. The monoisotopic (exact) mass is 212 g/mol. The fraction of sp³-hybridized carbons (Fsp3) is 0.636. The summed E-state index contributed by atoms with van der Waals surface area (Å²) in [6.07, 6.45) is 2.89. The summed E-state index contributed by atoms with van der Waals surface area (Å²) in [4.78, 5) is 21.8. The Kier molecular flexibility index (Phi) is 3.50. The first kappa shape index (κ1) is 11.8. The second-order valence-corrected chi connectivity index (χ2v) is 4.22.